The van der Waals surface area contributed by atoms with Crippen molar-refractivity contribution in [3.05, 3.63) is 25.3 Å². The van der Waals surface area contributed by atoms with Crippen LogP contribution >= 0.6 is 0 Å². The maximum Gasteiger partial charge on any atom is 0.321 e. The molecule has 0 aliphatic rings. The van der Waals surface area contributed by atoms with Crippen molar-refractivity contribution >= 4 is 11.9 Å². The quantitative estimate of drug-likeness (QED) is 0.480. The van der Waals surface area contributed by atoms with E-state index in [1.165, 1.54) is 0 Å². The van der Waals surface area contributed by atoms with E-state index in [1.807, 2.05) is 0 Å². The molecule has 0 saturated carbocycles. The van der Waals surface area contributed by atoms with Crippen molar-refractivity contribution in [1.82, 2.24) is 0 Å². The molecule has 0 saturated heterocycles. The van der Waals surface area contributed by atoms with Crippen LogP contribution in [0.4, 0.5) is 0 Å². The summed E-state index contributed by atoms with van der Waals surface area (Å²) in [5, 5.41) is 18.3. The number of aliphatic carboxylic acids is 2. The lowest BCUT2D eigenvalue weighted by Crippen LogP contribution is -2.40. The summed E-state index contributed by atoms with van der Waals surface area (Å²) in [6.07, 6.45) is 4.72. The van der Waals surface area contributed by atoms with E-state index >= 15 is 0 Å². The molecule has 0 aromatic carbocycles. The minimum atomic E-state index is -1.70. The third-order valence-corrected chi connectivity index (χ3v) is 3.06. The molecule has 0 unspecified atom stereocenters. The van der Waals surface area contributed by atoms with Crippen LogP contribution in [0, 0.1) is 11.3 Å². The lowest BCUT2D eigenvalue weighted by Gasteiger charge is -2.27. The number of hydrogen-bond acceptors (Lipinski definition) is 2. The van der Waals surface area contributed by atoms with E-state index in [9.17, 15) is 9.59 Å². The Bertz CT molecular complexity index is 283. The zero-order chi connectivity index (χ0) is 13.5. The third-order valence-electron chi connectivity index (χ3n) is 3.06. The zero-order valence-electron chi connectivity index (χ0n) is 10.2. The lowest BCUT2D eigenvalue weighted by atomic mass is 9.75. The van der Waals surface area contributed by atoms with Crippen LogP contribution in [0.2, 0.25) is 0 Å². The molecule has 0 amide bonds. The molecule has 4 heteroatoms. The summed E-state index contributed by atoms with van der Waals surface area (Å²) in [5.74, 6) is -2.59. The van der Waals surface area contributed by atoms with E-state index < -0.39 is 17.4 Å². The maximum atomic E-state index is 11.2. The van der Waals surface area contributed by atoms with Gasteiger partial charge in [0, 0.05) is 0 Å². The van der Waals surface area contributed by atoms with Gasteiger partial charge in [-0.2, -0.15) is 0 Å². The zero-order valence-corrected chi connectivity index (χ0v) is 10.2. The topological polar surface area (TPSA) is 74.6 Å². The number of carboxylic acids is 2. The number of rotatable bonds is 9. The number of carboxylic acid groups (broad SMARTS) is 2. The summed E-state index contributed by atoms with van der Waals surface area (Å²) >= 11 is 0. The molecule has 0 spiro atoms. The molecule has 0 aromatic rings. The van der Waals surface area contributed by atoms with Crippen LogP contribution in [0.15, 0.2) is 25.3 Å². The summed E-state index contributed by atoms with van der Waals surface area (Å²) in [7, 11) is 0. The van der Waals surface area contributed by atoms with Gasteiger partial charge >= 0.3 is 11.9 Å². The molecule has 0 aromatic heterocycles. The smallest absolute Gasteiger partial charge is 0.321 e. The van der Waals surface area contributed by atoms with Crippen molar-refractivity contribution in [2.75, 3.05) is 0 Å². The molecule has 0 aliphatic carbocycles. The van der Waals surface area contributed by atoms with E-state index in [0.717, 1.165) is 0 Å². The van der Waals surface area contributed by atoms with Gasteiger partial charge in [-0.15, -0.1) is 13.2 Å². The van der Waals surface area contributed by atoms with E-state index in [0.29, 0.717) is 12.8 Å². The summed E-state index contributed by atoms with van der Waals surface area (Å²) in [6.45, 7) is 8.78. The second-order valence-electron chi connectivity index (χ2n) is 4.16. The fraction of sp³-hybridized carbons (Fsp3) is 0.538. The Labute approximate surface area is 102 Å². The normalized spacial score (nSPS) is 11.2. The molecular weight excluding hydrogens is 220 g/mol. The Morgan fingerprint density at radius 3 is 1.82 bits per heavy atom. The Hall–Kier alpha value is -1.58. The first kappa shape index (κ1) is 15.4. The second kappa shape index (κ2) is 6.89. The van der Waals surface area contributed by atoms with E-state index in [1.54, 1.807) is 19.1 Å². The van der Waals surface area contributed by atoms with Gasteiger partial charge in [-0.05, 0) is 31.6 Å². The first-order valence-electron chi connectivity index (χ1n) is 5.63. The number of allylic oxidation sites excluding steroid dienone is 2. The fourth-order valence-electron chi connectivity index (χ4n) is 1.94. The SMILES string of the molecule is C=CCC(CC=C)CC(CC)(C(=O)O)C(=O)O. The van der Waals surface area contributed by atoms with E-state index in [-0.39, 0.29) is 18.8 Å². The number of hydrogen-bond donors (Lipinski definition) is 2. The Morgan fingerprint density at radius 2 is 1.59 bits per heavy atom. The van der Waals surface area contributed by atoms with Crippen molar-refractivity contribution in [3.63, 3.8) is 0 Å². The molecule has 4 nitrogen and oxygen atoms in total. The van der Waals surface area contributed by atoms with Crippen molar-refractivity contribution in [2.45, 2.75) is 32.6 Å². The van der Waals surface area contributed by atoms with E-state index in [4.69, 9.17) is 10.2 Å². The van der Waals surface area contributed by atoms with Crippen LogP contribution in [0.1, 0.15) is 32.6 Å². The molecule has 0 fully saturated rings. The third kappa shape index (κ3) is 3.73. The molecule has 2 N–H and O–H groups in total. The highest BCUT2D eigenvalue weighted by atomic mass is 16.4. The monoisotopic (exact) mass is 240 g/mol. The largest absolute Gasteiger partial charge is 0.480 e. The summed E-state index contributed by atoms with van der Waals surface area (Å²) < 4.78 is 0. The average Bonchev–Trinajstić information content (AvgIpc) is 2.25. The molecule has 0 heterocycles. The van der Waals surface area contributed by atoms with Crippen LogP contribution < -0.4 is 0 Å². The maximum absolute atomic E-state index is 11.2. The van der Waals surface area contributed by atoms with Crippen LogP contribution in [-0.2, 0) is 9.59 Å². The predicted octanol–water partition coefficient (Wildman–Crippen LogP) is 2.71. The van der Waals surface area contributed by atoms with Crippen molar-refractivity contribution < 1.29 is 19.8 Å². The van der Waals surface area contributed by atoms with Crippen LogP contribution in [0.25, 0.3) is 0 Å². The minimum Gasteiger partial charge on any atom is -0.480 e. The molecule has 0 bridgehead atoms. The molecule has 0 radical (unpaired) electrons. The van der Waals surface area contributed by atoms with Gasteiger partial charge in [0.15, 0.2) is 5.41 Å². The summed E-state index contributed by atoms with van der Waals surface area (Å²) in [5.41, 5.74) is -1.70. The van der Waals surface area contributed by atoms with Crippen LogP contribution in [-0.4, -0.2) is 22.2 Å². The van der Waals surface area contributed by atoms with Crippen LogP contribution in [0.5, 0.6) is 0 Å². The standard InChI is InChI=1S/C13H20O4/c1-4-7-10(8-5-2)9-13(6-3,11(14)15)12(16)17/h4-5,10H,1-2,6-9H2,3H3,(H,14,15)(H,16,17). The van der Waals surface area contributed by atoms with Crippen LogP contribution in [0.3, 0.4) is 0 Å². The second-order valence-corrected chi connectivity index (χ2v) is 4.16. The minimum absolute atomic E-state index is 0.0443. The van der Waals surface area contributed by atoms with Gasteiger partial charge in [-0.1, -0.05) is 19.1 Å². The van der Waals surface area contributed by atoms with Gasteiger partial charge in [0.1, 0.15) is 0 Å². The van der Waals surface area contributed by atoms with Gasteiger partial charge in [0.2, 0.25) is 0 Å². The molecule has 0 atom stereocenters. The summed E-state index contributed by atoms with van der Waals surface area (Å²) in [4.78, 5) is 22.4. The van der Waals surface area contributed by atoms with Gasteiger partial charge < -0.3 is 10.2 Å². The van der Waals surface area contributed by atoms with Gasteiger partial charge in [-0.25, -0.2) is 0 Å². The molecular formula is C13H20O4. The first-order chi connectivity index (χ1) is 7.94. The molecule has 0 rings (SSSR count). The first-order valence-corrected chi connectivity index (χ1v) is 5.63. The summed E-state index contributed by atoms with van der Waals surface area (Å²) in [6, 6.07) is 0. The highest BCUT2D eigenvalue weighted by Crippen LogP contribution is 2.34. The number of carbonyl (C=O) groups is 2. The highest BCUT2D eigenvalue weighted by Gasteiger charge is 2.45. The molecule has 17 heavy (non-hydrogen) atoms. The Kier molecular flexibility index (Phi) is 6.25. The van der Waals surface area contributed by atoms with Crippen molar-refractivity contribution in [3.8, 4) is 0 Å². The van der Waals surface area contributed by atoms with E-state index in [2.05, 4.69) is 13.2 Å². The fourth-order valence-corrected chi connectivity index (χ4v) is 1.94. The average molecular weight is 240 g/mol. The highest BCUT2D eigenvalue weighted by molar-refractivity contribution is 5.98. The van der Waals surface area contributed by atoms with Crippen molar-refractivity contribution in [1.29, 1.82) is 0 Å². The Balaban J connectivity index is 5.05. The Morgan fingerprint density at radius 1 is 1.18 bits per heavy atom. The predicted molar refractivity (Wildman–Crippen MR) is 65.7 cm³/mol. The molecule has 0 aliphatic heterocycles. The lowest BCUT2D eigenvalue weighted by molar-refractivity contribution is -0.166. The molecule has 96 valence electrons. The van der Waals surface area contributed by atoms with Crippen molar-refractivity contribution in [2.24, 2.45) is 11.3 Å². The van der Waals surface area contributed by atoms with Gasteiger partial charge in [0.05, 0.1) is 0 Å². The van der Waals surface area contributed by atoms with Gasteiger partial charge in [0.25, 0.3) is 0 Å². The van der Waals surface area contributed by atoms with Gasteiger partial charge in [-0.3, -0.25) is 9.59 Å².